The Bertz CT molecular complexity index is 1120. The highest BCUT2D eigenvalue weighted by atomic mass is 35.5. The number of methoxy groups -OCH3 is 1. The van der Waals surface area contributed by atoms with E-state index in [4.69, 9.17) is 25.8 Å². The van der Waals surface area contributed by atoms with E-state index in [0.717, 1.165) is 5.56 Å². The first-order valence-corrected chi connectivity index (χ1v) is 11.2. The van der Waals surface area contributed by atoms with Gasteiger partial charge in [0.05, 0.1) is 31.5 Å². The number of hydrogen-bond acceptors (Lipinski definition) is 8. The van der Waals surface area contributed by atoms with Crippen molar-refractivity contribution >= 4 is 29.8 Å². The minimum atomic E-state index is -1.09. The number of nitrogens with zero attached hydrogens (tertiary/aromatic N) is 1. The number of urea groups is 1. The van der Waals surface area contributed by atoms with Crippen LogP contribution >= 0.6 is 11.6 Å². The van der Waals surface area contributed by atoms with Gasteiger partial charge in [0.25, 0.3) is 0 Å². The Hall–Kier alpha value is -3.76. The number of hydrogen-bond donors (Lipinski definition) is 4. The monoisotopic (exact) mass is 502 g/mol. The third-order valence-electron chi connectivity index (χ3n) is 4.98. The van der Waals surface area contributed by atoms with Crippen molar-refractivity contribution in [1.82, 2.24) is 16.1 Å². The van der Waals surface area contributed by atoms with Crippen LogP contribution in [0.3, 0.4) is 0 Å². The van der Waals surface area contributed by atoms with Gasteiger partial charge < -0.3 is 30.0 Å². The Balaban J connectivity index is 1.71. The molecule has 0 radical (unpaired) electrons. The predicted octanol–water partition coefficient (Wildman–Crippen LogP) is 2.86. The maximum absolute atomic E-state index is 12.3. The fourth-order valence-electron chi connectivity index (χ4n) is 3.37. The molecular formula is C24H27ClN4O6. The van der Waals surface area contributed by atoms with Crippen LogP contribution in [0.4, 0.5) is 4.79 Å². The van der Waals surface area contributed by atoms with Crippen molar-refractivity contribution in [2.75, 3.05) is 20.3 Å². The van der Waals surface area contributed by atoms with Crippen LogP contribution in [0.5, 0.6) is 11.5 Å². The van der Waals surface area contributed by atoms with E-state index in [-0.39, 0.29) is 12.2 Å². The number of ether oxygens (including phenoxy) is 3. The van der Waals surface area contributed by atoms with E-state index in [0.29, 0.717) is 34.4 Å². The lowest BCUT2D eigenvalue weighted by Gasteiger charge is -2.28. The third-order valence-corrected chi connectivity index (χ3v) is 5.23. The highest BCUT2D eigenvalue weighted by Crippen LogP contribution is 2.34. The molecular weight excluding hydrogens is 476 g/mol. The van der Waals surface area contributed by atoms with Gasteiger partial charge >= 0.3 is 12.0 Å². The number of esters is 1. The summed E-state index contributed by atoms with van der Waals surface area (Å²) in [5, 5.41) is 20.1. The number of amides is 2. The zero-order valence-corrected chi connectivity index (χ0v) is 20.3. The van der Waals surface area contributed by atoms with Crippen LogP contribution in [0.1, 0.15) is 31.0 Å². The summed E-state index contributed by atoms with van der Waals surface area (Å²) >= 11 is 5.85. The molecule has 0 saturated carbocycles. The van der Waals surface area contributed by atoms with Crippen LogP contribution in [-0.2, 0) is 9.53 Å². The minimum absolute atomic E-state index is 0.117. The molecule has 4 N–H and O–H groups in total. The lowest BCUT2D eigenvalue weighted by Crippen LogP contribution is -2.45. The molecule has 11 heteroatoms. The summed E-state index contributed by atoms with van der Waals surface area (Å²) in [5.41, 5.74) is 4.67. The molecule has 1 aliphatic rings. The summed E-state index contributed by atoms with van der Waals surface area (Å²) < 4.78 is 16.3. The van der Waals surface area contributed by atoms with Gasteiger partial charge in [-0.1, -0.05) is 29.8 Å². The van der Waals surface area contributed by atoms with Crippen molar-refractivity contribution in [3.8, 4) is 11.5 Å². The normalized spacial score (nSPS) is 16.4. The summed E-state index contributed by atoms with van der Waals surface area (Å²) in [6, 6.07) is 10.9. The van der Waals surface area contributed by atoms with Crippen molar-refractivity contribution in [2.24, 2.45) is 5.10 Å². The van der Waals surface area contributed by atoms with Crippen LogP contribution in [0.25, 0.3) is 0 Å². The molecule has 2 atom stereocenters. The van der Waals surface area contributed by atoms with Gasteiger partial charge in [-0.2, -0.15) is 5.10 Å². The minimum Gasteiger partial charge on any atom is -0.490 e. The number of halogens is 1. The van der Waals surface area contributed by atoms with Gasteiger partial charge in [0.2, 0.25) is 0 Å². The molecule has 2 aromatic carbocycles. The van der Waals surface area contributed by atoms with Crippen LogP contribution in [0, 0.1) is 0 Å². The van der Waals surface area contributed by atoms with Gasteiger partial charge in [0, 0.05) is 10.7 Å². The molecule has 0 aliphatic carbocycles. The van der Waals surface area contributed by atoms with E-state index in [1.165, 1.54) is 7.11 Å². The zero-order chi connectivity index (χ0) is 25.4. The SMILES string of the molecule is CCOc1cc([C@@H]2NC(=O)NC(C)=C2C(=O)OC)ccc1OC[C@H](O)N/N=C\c1ccc(Cl)cc1. The second kappa shape index (κ2) is 12.1. The Labute approximate surface area is 207 Å². The second-order valence-corrected chi connectivity index (χ2v) is 7.90. The highest BCUT2D eigenvalue weighted by molar-refractivity contribution is 6.30. The Morgan fingerprint density at radius 2 is 1.97 bits per heavy atom. The molecule has 1 heterocycles. The molecule has 2 aromatic rings. The number of nitrogens with one attached hydrogen (secondary N) is 3. The van der Waals surface area contributed by atoms with Gasteiger partial charge in [0.1, 0.15) is 6.61 Å². The molecule has 0 aromatic heterocycles. The highest BCUT2D eigenvalue weighted by Gasteiger charge is 2.32. The summed E-state index contributed by atoms with van der Waals surface area (Å²) in [4.78, 5) is 24.4. The van der Waals surface area contributed by atoms with E-state index >= 15 is 0 Å². The van der Waals surface area contributed by atoms with Crippen LogP contribution in [-0.4, -0.2) is 49.9 Å². The van der Waals surface area contributed by atoms with E-state index < -0.39 is 24.3 Å². The lowest BCUT2D eigenvalue weighted by molar-refractivity contribution is -0.136. The standard InChI is InChI=1S/C24H27ClN4O6/c1-4-34-19-11-16(22-21(23(31)33-3)14(2)27-24(32)28-22)7-10-18(19)35-13-20(30)29-26-12-15-5-8-17(25)9-6-15/h5-12,20,22,29-30H,4,13H2,1-3H3,(H2,27,28,32)/b26-12-/t20-,22-/m0/s1. The molecule has 35 heavy (non-hydrogen) atoms. The lowest BCUT2D eigenvalue weighted by atomic mass is 9.95. The molecule has 1 aliphatic heterocycles. The summed E-state index contributed by atoms with van der Waals surface area (Å²) in [5.74, 6) is 0.196. The maximum atomic E-state index is 12.3. The van der Waals surface area contributed by atoms with Gasteiger partial charge in [-0.05, 0) is 49.2 Å². The first-order valence-electron chi connectivity index (χ1n) is 10.8. The number of carbonyl (C=O) groups excluding carboxylic acids is 2. The number of hydrazone groups is 1. The largest absolute Gasteiger partial charge is 0.490 e. The van der Waals surface area contributed by atoms with Crippen molar-refractivity contribution in [1.29, 1.82) is 0 Å². The van der Waals surface area contributed by atoms with Crippen LogP contribution in [0.2, 0.25) is 5.02 Å². The van der Waals surface area contributed by atoms with Gasteiger partial charge in [0.15, 0.2) is 17.7 Å². The molecule has 0 fully saturated rings. The fourth-order valence-corrected chi connectivity index (χ4v) is 3.49. The number of benzene rings is 2. The molecule has 0 saturated heterocycles. The fraction of sp³-hybridized carbons (Fsp3) is 0.292. The molecule has 10 nitrogen and oxygen atoms in total. The molecule has 186 valence electrons. The van der Waals surface area contributed by atoms with E-state index in [9.17, 15) is 14.7 Å². The van der Waals surface area contributed by atoms with Gasteiger partial charge in [-0.25, -0.2) is 9.59 Å². The number of carbonyl (C=O) groups is 2. The molecule has 0 unspecified atom stereocenters. The Morgan fingerprint density at radius 3 is 2.66 bits per heavy atom. The van der Waals surface area contributed by atoms with Crippen molar-refractivity contribution in [2.45, 2.75) is 26.1 Å². The van der Waals surface area contributed by atoms with Crippen molar-refractivity contribution < 1.29 is 28.9 Å². The average Bonchev–Trinajstić information content (AvgIpc) is 2.83. The van der Waals surface area contributed by atoms with Crippen molar-refractivity contribution in [3.63, 3.8) is 0 Å². The predicted molar refractivity (Wildman–Crippen MR) is 130 cm³/mol. The van der Waals surface area contributed by atoms with E-state index in [2.05, 4.69) is 21.2 Å². The van der Waals surface area contributed by atoms with Crippen LogP contribution in [0.15, 0.2) is 58.8 Å². The number of aliphatic hydroxyl groups is 1. The summed E-state index contributed by atoms with van der Waals surface area (Å²) in [6.45, 7) is 3.68. The molecule has 2 amide bonds. The Kier molecular flexibility index (Phi) is 8.93. The molecule has 0 bridgehead atoms. The number of rotatable bonds is 10. The van der Waals surface area contributed by atoms with Gasteiger partial charge in [-0.3, -0.25) is 5.43 Å². The summed E-state index contributed by atoms with van der Waals surface area (Å²) in [6.07, 6.45) is 0.453. The quantitative estimate of drug-likeness (QED) is 0.170. The zero-order valence-electron chi connectivity index (χ0n) is 19.5. The first kappa shape index (κ1) is 25.9. The van der Waals surface area contributed by atoms with Gasteiger partial charge in [-0.15, -0.1) is 0 Å². The van der Waals surface area contributed by atoms with Crippen LogP contribution < -0.4 is 25.5 Å². The van der Waals surface area contributed by atoms with Crippen molar-refractivity contribution in [3.05, 3.63) is 69.9 Å². The third kappa shape index (κ3) is 6.87. The number of allylic oxidation sites excluding steroid dienone is 1. The first-order chi connectivity index (χ1) is 16.8. The second-order valence-electron chi connectivity index (χ2n) is 7.47. The van der Waals surface area contributed by atoms with E-state index in [1.54, 1.807) is 55.6 Å². The Morgan fingerprint density at radius 1 is 1.23 bits per heavy atom. The average molecular weight is 503 g/mol. The summed E-state index contributed by atoms with van der Waals surface area (Å²) in [7, 11) is 1.28. The topological polar surface area (TPSA) is 131 Å². The van der Waals surface area contributed by atoms with E-state index in [1.807, 2.05) is 6.92 Å². The molecule has 3 rings (SSSR count). The molecule has 0 spiro atoms. The maximum Gasteiger partial charge on any atom is 0.337 e. The number of aliphatic hydroxyl groups excluding tert-OH is 1. The smallest absolute Gasteiger partial charge is 0.337 e.